The summed E-state index contributed by atoms with van der Waals surface area (Å²) in [4.78, 5) is 35.4. The van der Waals surface area contributed by atoms with Crippen LogP contribution in [0.2, 0.25) is 5.02 Å². The summed E-state index contributed by atoms with van der Waals surface area (Å²) in [5, 5.41) is 0.428. The Kier molecular flexibility index (Phi) is 5.88. The number of rotatable bonds is 5. The molecule has 0 radical (unpaired) electrons. The van der Waals surface area contributed by atoms with Gasteiger partial charge in [-0.15, -0.1) is 0 Å². The molecule has 5 nitrogen and oxygen atoms in total. The first-order chi connectivity index (χ1) is 11.1. The van der Waals surface area contributed by atoms with Crippen LogP contribution in [0.4, 0.5) is 0 Å². The van der Waals surface area contributed by atoms with Gasteiger partial charge < -0.3 is 0 Å². The molecule has 0 aliphatic rings. The first-order valence-electron chi connectivity index (χ1n) is 6.99. The molecule has 2 N–H and O–H groups in total. The van der Waals surface area contributed by atoms with Gasteiger partial charge in [-0.3, -0.25) is 25.2 Å². The summed E-state index contributed by atoms with van der Waals surface area (Å²) in [5.74, 6) is -1.04. The Bertz CT molecular complexity index is 717. The molecule has 0 fully saturated rings. The van der Waals surface area contributed by atoms with E-state index < -0.39 is 11.8 Å². The number of hydrazine groups is 1. The Morgan fingerprint density at radius 2 is 1.52 bits per heavy atom. The van der Waals surface area contributed by atoms with E-state index in [-0.39, 0.29) is 18.6 Å². The van der Waals surface area contributed by atoms with Gasteiger partial charge in [0.1, 0.15) is 0 Å². The van der Waals surface area contributed by atoms with Crippen LogP contribution in [0.1, 0.15) is 33.6 Å². The number of halogens is 1. The Balaban J connectivity index is 1.77. The van der Waals surface area contributed by atoms with Crippen molar-refractivity contribution in [2.75, 3.05) is 0 Å². The van der Waals surface area contributed by atoms with Crippen molar-refractivity contribution >= 4 is 29.2 Å². The molecule has 0 heterocycles. The van der Waals surface area contributed by atoms with Crippen molar-refractivity contribution in [3.63, 3.8) is 0 Å². The van der Waals surface area contributed by atoms with E-state index in [9.17, 15) is 14.4 Å². The predicted molar refractivity (Wildman–Crippen MR) is 87.1 cm³/mol. The summed E-state index contributed by atoms with van der Waals surface area (Å²) >= 11 is 5.79. The molecule has 118 valence electrons. The largest absolute Gasteiger partial charge is 0.294 e. The third-order valence-electron chi connectivity index (χ3n) is 3.08. The summed E-state index contributed by atoms with van der Waals surface area (Å²) in [6.45, 7) is 0. The number of Topliss-reactive ketones (excluding diaryl/α,β-unsaturated/α-hetero) is 1. The summed E-state index contributed by atoms with van der Waals surface area (Å²) in [5.41, 5.74) is 5.44. The smallest absolute Gasteiger partial charge is 0.269 e. The van der Waals surface area contributed by atoms with E-state index in [2.05, 4.69) is 10.9 Å². The zero-order valence-corrected chi connectivity index (χ0v) is 13.0. The number of hydrogen-bond donors (Lipinski definition) is 2. The van der Waals surface area contributed by atoms with Crippen LogP contribution in [0.25, 0.3) is 0 Å². The lowest BCUT2D eigenvalue weighted by molar-refractivity contribution is -0.121. The van der Waals surface area contributed by atoms with Crippen molar-refractivity contribution < 1.29 is 14.4 Å². The van der Waals surface area contributed by atoms with E-state index in [0.29, 0.717) is 16.1 Å². The lowest BCUT2D eigenvalue weighted by Crippen LogP contribution is -2.41. The van der Waals surface area contributed by atoms with E-state index in [1.165, 1.54) is 6.07 Å². The van der Waals surface area contributed by atoms with Gasteiger partial charge in [0.05, 0.1) is 0 Å². The highest BCUT2D eigenvalue weighted by Gasteiger charge is 2.10. The van der Waals surface area contributed by atoms with Crippen molar-refractivity contribution in [3.05, 3.63) is 70.7 Å². The summed E-state index contributed by atoms with van der Waals surface area (Å²) in [6, 6.07) is 15.1. The Morgan fingerprint density at radius 3 is 2.22 bits per heavy atom. The van der Waals surface area contributed by atoms with E-state index >= 15 is 0 Å². The molecule has 2 rings (SSSR count). The molecule has 0 bridgehead atoms. The van der Waals surface area contributed by atoms with Crippen molar-refractivity contribution in [1.82, 2.24) is 10.9 Å². The molecule has 0 unspecified atom stereocenters. The van der Waals surface area contributed by atoms with Crippen molar-refractivity contribution in [1.29, 1.82) is 0 Å². The standard InChI is InChI=1S/C17H15ClN2O3/c18-14-8-4-7-13(11-14)17(23)20-19-16(22)10-9-15(21)12-5-2-1-3-6-12/h1-8,11H,9-10H2,(H,19,22)(H,20,23). The number of hydrogen-bond acceptors (Lipinski definition) is 3. The minimum Gasteiger partial charge on any atom is -0.294 e. The highest BCUT2D eigenvalue weighted by atomic mass is 35.5. The maximum atomic E-state index is 11.9. The van der Waals surface area contributed by atoms with Crippen molar-refractivity contribution in [2.24, 2.45) is 0 Å². The number of amides is 2. The maximum absolute atomic E-state index is 11.9. The average Bonchev–Trinajstić information content (AvgIpc) is 2.58. The molecule has 0 aromatic heterocycles. The second-order valence-corrected chi connectivity index (χ2v) is 5.24. The lowest BCUT2D eigenvalue weighted by Gasteiger charge is -2.07. The van der Waals surface area contributed by atoms with Gasteiger partial charge in [0.25, 0.3) is 5.91 Å². The lowest BCUT2D eigenvalue weighted by atomic mass is 10.1. The molecule has 2 aromatic rings. The number of carbonyl (C=O) groups is 3. The molecule has 0 aliphatic heterocycles. The number of carbonyl (C=O) groups excluding carboxylic acids is 3. The van der Waals surface area contributed by atoms with E-state index in [4.69, 9.17) is 11.6 Å². The van der Waals surface area contributed by atoms with Crippen LogP contribution in [0.15, 0.2) is 54.6 Å². The zero-order valence-electron chi connectivity index (χ0n) is 12.2. The quantitative estimate of drug-likeness (QED) is 0.654. The molecule has 2 amide bonds. The van der Waals surface area contributed by atoms with Crippen LogP contribution in [0, 0.1) is 0 Å². The van der Waals surface area contributed by atoms with Gasteiger partial charge >= 0.3 is 0 Å². The monoisotopic (exact) mass is 330 g/mol. The zero-order chi connectivity index (χ0) is 16.7. The predicted octanol–water partition coefficient (Wildman–Crippen LogP) is 2.76. The van der Waals surface area contributed by atoms with Crippen molar-refractivity contribution in [3.8, 4) is 0 Å². The van der Waals surface area contributed by atoms with Crippen LogP contribution in [-0.2, 0) is 4.79 Å². The van der Waals surface area contributed by atoms with Gasteiger partial charge in [-0.1, -0.05) is 48.0 Å². The fourth-order valence-electron chi connectivity index (χ4n) is 1.89. The third kappa shape index (κ3) is 5.23. The molecular formula is C17H15ClN2O3. The minimum absolute atomic E-state index is 0.0104. The number of ketones is 1. The van der Waals surface area contributed by atoms with E-state index in [1.807, 2.05) is 6.07 Å². The van der Waals surface area contributed by atoms with Gasteiger partial charge in [0, 0.05) is 29.0 Å². The van der Waals surface area contributed by atoms with Gasteiger partial charge in [-0.2, -0.15) is 0 Å². The topological polar surface area (TPSA) is 75.3 Å². The Hall–Kier alpha value is -2.66. The molecule has 0 aliphatic carbocycles. The minimum atomic E-state index is -0.477. The summed E-state index contributed by atoms with van der Waals surface area (Å²) in [7, 11) is 0. The van der Waals surface area contributed by atoms with Gasteiger partial charge in [-0.25, -0.2) is 0 Å². The number of benzene rings is 2. The fraction of sp³-hybridized carbons (Fsp3) is 0.118. The molecular weight excluding hydrogens is 316 g/mol. The highest BCUT2D eigenvalue weighted by Crippen LogP contribution is 2.10. The van der Waals surface area contributed by atoms with Crippen LogP contribution in [0.5, 0.6) is 0 Å². The highest BCUT2D eigenvalue weighted by molar-refractivity contribution is 6.30. The van der Waals surface area contributed by atoms with E-state index in [1.54, 1.807) is 42.5 Å². The van der Waals surface area contributed by atoms with Crippen LogP contribution in [0.3, 0.4) is 0 Å². The summed E-state index contributed by atoms with van der Waals surface area (Å²) in [6.07, 6.45) is 0.0619. The second kappa shape index (κ2) is 8.10. The Morgan fingerprint density at radius 1 is 0.826 bits per heavy atom. The first-order valence-corrected chi connectivity index (χ1v) is 7.37. The van der Waals surface area contributed by atoms with Crippen LogP contribution in [-0.4, -0.2) is 17.6 Å². The number of nitrogens with one attached hydrogen (secondary N) is 2. The van der Waals surface area contributed by atoms with Gasteiger partial charge in [-0.05, 0) is 18.2 Å². The van der Waals surface area contributed by atoms with Gasteiger partial charge in [0.15, 0.2) is 5.78 Å². The van der Waals surface area contributed by atoms with E-state index in [0.717, 1.165) is 0 Å². The molecule has 2 aromatic carbocycles. The van der Waals surface area contributed by atoms with Crippen LogP contribution < -0.4 is 10.9 Å². The summed E-state index contributed by atoms with van der Waals surface area (Å²) < 4.78 is 0. The molecule has 0 saturated carbocycles. The normalized spacial score (nSPS) is 9.96. The molecule has 6 heteroatoms. The second-order valence-electron chi connectivity index (χ2n) is 4.80. The first kappa shape index (κ1) is 16.7. The molecule has 23 heavy (non-hydrogen) atoms. The average molecular weight is 331 g/mol. The Labute approximate surface area is 138 Å². The fourth-order valence-corrected chi connectivity index (χ4v) is 2.08. The maximum Gasteiger partial charge on any atom is 0.269 e. The van der Waals surface area contributed by atoms with Gasteiger partial charge in [0.2, 0.25) is 5.91 Å². The molecule has 0 spiro atoms. The molecule has 0 atom stereocenters. The van der Waals surface area contributed by atoms with Crippen molar-refractivity contribution in [2.45, 2.75) is 12.8 Å². The molecule has 0 saturated heterocycles. The third-order valence-corrected chi connectivity index (χ3v) is 3.31. The van der Waals surface area contributed by atoms with Crippen LogP contribution >= 0.6 is 11.6 Å². The SMILES string of the molecule is O=C(CCC(=O)c1ccccc1)NNC(=O)c1cccc(Cl)c1.